The van der Waals surface area contributed by atoms with E-state index in [1.54, 1.807) is 18.4 Å². The summed E-state index contributed by atoms with van der Waals surface area (Å²) in [5.41, 5.74) is 1.08. The number of hydrogen-bond acceptors (Lipinski definition) is 6. The second-order valence-corrected chi connectivity index (χ2v) is 7.00. The molecule has 2 aromatic heterocycles. The number of hydrogen-bond donors (Lipinski definition) is 1. The van der Waals surface area contributed by atoms with Crippen molar-refractivity contribution in [2.75, 3.05) is 25.1 Å². The van der Waals surface area contributed by atoms with Gasteiger partial charge in [0.1, 0.15) is 5.02 Å². The Morgan fingerprint density at radius 2 is 2.17 bits per heavy atom. The summed E-state index contributed by atoms with van der Waals surface area (Å²) < 4.78 is 5.10. The van der Waals surface area contributed by atoms with Crippen molar-refractivity contribution in [2.45, 2.75) is 31.8 Å². The van der Waals surface area contributed by atoms with Crippen LogP contribution in [0.3, 0.4) is 0 Å². The Morgan fingerprint density at radius 1 is 1.39 bits per heavy atom. The lowest BCUT2D eigenvalue weighted by atomic mass is 10.0. The van der Waals surface area contributed by atoms with Crippen molar-refractivity contribution in [1.82, 2.24) is 15.3 Å². The van der Waals surface area contributed by atoms with E-state index in [1.807, 2.05) is 23.8 Å². The topological polar surface area (TPSA) is 50.3 Å². The molecule has 0 aromatic carbocycles. The molecule has 1 aliphatic heterocycles. The van der Waals surface area contributed by atoms with Gasteiger partial charge in [0.15, 0.2) is 5.13 Å². The maximum Gasteiger partial charge on any atom is 0.232 e. The van der Waals surface area contributed by atoms with Crippen molar-refractivity contribution >= 4 is 28.1 Å². The van der Waals surface area contributed by atoms with Gasteiger partial charge in [0, 0.05) is 42.9 Å². The molecule has 23 heavy (non-hydrogen) atoms. The lowest BCUT2D eigenvalue weighted by Crippen LogP contribution is -2.43. The molecule has 0 radical (unpaired) electrons. The van der Waals surface area contributed by atoms with Gasteiger partial charge in [-0.05, 0) is 31.4 Å². The third-order valence-electron chi connectivity index (χ3n) is 4.19. The van der Waals surface area contributed by atoms with Crippen LogP contribution >= 0.6 is 22.9 Å². The number of pyridine rings is 1. The monoisotopic (exact) mass is 352 g/mol. The standard InChI is InChI=1S/C16H21ClN4OS/c1-11(12-9-14(17)15(22-2)19-10-12)20-13-3-6-21(7-4-13)16-18-5-8-23-16/h5,8-11,13,20H,3-4,6-7H2,1-2H3. The molecular formula is C16H21ClN4OS. The summed E-state index contributed by atoms with van der Waals surface area (Å²) in [5, 5.41) is 7.39. The fourth-order valence-electron chi connectivity index (χ4n) is 2.89. The Morgan fingerprint density at radius 3 is 2.78 bits per heavy atom. The summed E-state index contributed by atoms with van der Waals surface area (Å²) >= 11 is 7.87. The molecule has 3 heterocycles. The van der Waals surface area contributed by atoms with Gasteiger partial charge in [-0.15, -0.1) is 11.3 Å². The largest absolute Gasteiger partial charge is 0.480 e. The van der Waals surface area contributed by atoms with Gasteiger partial charge >= 0.3 is 0 Å². The minimum Gasteiger partial charge on any atom is -0.480 e. The Bertz CT molecular complexity index is 629. The first-order valence-electron chi connectivity index (χ1n) is 7.77. The van der Waals surface area contributed by atoms with Crippen LogP contribution in [0.25, 0.3) is 0 Å². The smallest absolute Gasteiger partial charge is 0.232 e. The predicted octanol–water partition coefficient (Wildman–Crippen LogP) is 3.52. The maximum atomic E-state index is 6.16. The van der Waals surface area contributed by atoms with Crippen LogP contribution in [0.4, 0.5) is 5.13 Å². The van der Waals surface area contributed by atoms with E-state index in [0.29, 0.717) is 16.9 Å². The van der Waals surface area contributed by atoms with Crippen LogP contribution in [0, 0.1) is 0 Å². The minimum atomic E-state index is 0.210. The van der Waals surface area contributed by atoms with Gasteiger partial charge in [0.2, 0.25) is 5.88 Å². The highest BCUT2D eigenvalue weighted by molar-refractivity contribution is 7.13. The maximum absolute atomic E-state index is 6.16. The van der Waals surface area contributed by atoms with Crippen LogP contribution < -0.4 is 15.0 Å². The van der Waals surface area contributed by atoms with Gasteiger partial charge in [-0.3, -0.25) is 0 Å². The zero-order chi connectivity index (χ0) is 16.2. The molecule has 5 nitrogen and oxygen atoms in total. The van der Waals surface area contributed by atoms with Crippen LogP contribution in [0.1, 0.15) is 31.4 Å². The second kappa shape index (κ2) is 7.47. The Kier molecular flexibility index (Phi) is 5.35. The number of aromatic nitrogens is 2. The summed E-state index contributed by atoms with van der Waals surface area (Å²) in [4.78, 5) is 11.0. The first kappa shape index (κ1) is 16.5. The molecule has 0 spiro atoms. The SMILES string of the molecule is COc1ncc(C(C)NC2CCN(c3nccs3)CC2)cc1Cl. The molecule has 1 aliphatic rings. The average molecular weight is 353 g/mol. The fraction of sp³-hybridized carbons (Fsp3) is 0.500. The van der Waals surface area contributed by atoms with Gasteiger partial charge in [0.25, 0.3) is 0 Å². The first-order valence-corrected chi connectivity index (χ1v) is 9.03. The van der Waals surface area contributed by atoms with E-state index in [4.69, 9.17) is 16.3 Å². The molecule has 7 heteroatoms. The van der Waals surface area contributed by atoms with Crippen molar-refractivity contribution in [3.8, 4) is 5.88 Å². The molecule has 3 rings (SSSR count). The number of thiazole rings is 1. The first-order chi connectivity index (χ1) is 11.2. The predicted molar refractivity (Wildman–Crippen MR) is 94.7 cm³/mol. The van der Waals surface area contributed by atoms with Crippen LogP contribution in [-0.4, -0.2) is 36.2 Å². The number of nitrogens with zero attached hydrogens (tertiary/aromatic N) is 3. The number of rotatable bonds is 5. The van der Waals surface area contributed by atoms with Gasteiger partial charge in [-0.2, -0.15) is 0 Å². The summed E-state index contributed by atoms with van der Waals surface area (Å²) in [5.74, 6) is 0.472. The average Bonchev–Trinajstić information content (AvgIpc) is 3.10. The van der Waals surface area contributed by atoms with Crippen molar-refractivity contribution in [3.05, 3.63) is 34.4 Å². The molecule has 1 N–H and O–H groups in total. The summed E-state index contributed by atoms with van der Waals surface area (Å²) in [6, 6.07) is 2.64. The molecule has 0 amide bonds. The van der Waals surface area contributed by atoms with E-state index in [0.717, 1.165) is 36.6 Å². The molecular weight excluding hydrogens is 332 g/mol. The second-order valence-electron chi connectivity index (χ2n) is 5.72. The molecule has 1 saturated heterocycles. The molecule has 1 unspecified atom stereocenters. The van der Waals surface area contributed by atoms with Crippen LogP contribution in [-0.2, 0) is 0 Å². The zero-order valence-electron chi connectivity index (χ0n) is 13.3. The quantitative estimate of drug-likeness (QED) is 0.892. The van der Waals surface area contributed by atoms with E-state index in [2.05, 4.69) is 27.1 Å². The Labute approximate surface area is 145 Å². The lowest BCUT2D eigenvalue weighted by molar-refractivity contribution is 0.378. The third-order valence-corrected chi connectivity index (χ3v) is 5.30. The van der Waals surface area contributed by atoms with Crippen LogP contribution in [0.5, 0.6) is 5.88 Å². The van der Waals surface area contributed by atoms with Gasteiger partial charge in [0.05, 0.1) is 7.11 Å². The van der Waals surface area contributed by atoms with Crippen LogP contribution in [0.15, 0.2) is 23.8 Å². The minimum absolute atomic E-state index is 0.210. The number of ether oxygens (including phenoxy) is 1. The number of halogens is 1. The molecule has 0 aliphatic carbocycles. The van der Waals surface area contributed by atoms with Crippen molar-refractivity contribution in [1.29, 1.82) is 0 Å². The van der Waals surface area contributed by atoms with Crippen LogP contribution in [0.2, 0.25) is 5.02 Å². The number of anilines is 1. The van der Waals surface area contributed by atoms with Crippen molar-refractivity contribution in [2.24, 2.45) is 0 Å². The molecule has 2 aromatic rings. The molecule has 1 atom stereocenters. The number of piperidine rings is 1. The molecule has 0 bridgehead atoms. The third kappa shape index (κ3) is 3.94. The number of methoxy groups -OCH3 is 1. The van der Waals surface area contributed by atoms with E-state index < -0.39 is 0 Å². The van der Waals surface area contributed by atoms with E-state index in [1.165, 1.54) is 0 Å². The van der Waals surface area contributed by atoms with Crippen molar-refractivity contribution in [3.63, 3.8) is 0 Å². The van der Waals surface area contributed by atoms with E-state index in [-0.39, 0.29) is 6.04 Å². The van der Waals surface area contributed by atoms with Gasteiger partial charge < -0.3 is 15.0 Å². The molecule has 0 saturated carbocycles. The Hall–Kier alpha value is -1.37. The van der Waals surface area contributed by atoms with Crippen molar-refractivity contribution < 1.29 is 4.74 Å². The van der Waals surface area contributed by atoms with Gasteiger partial charge in [-0.25, -0.2) is 9.97 Å². The Balaban J connectivity index is 1.55. The fourth-order valence-corrected chi connectivity index (χ4v) is 3.84. The zero-order valence-corrected chi connectivity index (χ0v) is 14.9. The highest BCUT2D eigenvalue weighted by Gasteiger charge is 2.22. The molecule has 124 valence electrons. The van der Waals surface area contributed by atoms with Gasteiger partial charge in [-0.1, -0.05) is 11.6 Å². The summed E-state index contributed by atoms with van der Waals surface area (Å²) in [6.07, 6.45) is 5.92. The molecule has 1 fully saturated rings. The normalized spacial score (nSPS) is 17.3. The highest BCUT2D eigenvalue weighted by Crippen LogP contribution is 2.26. The summed E-state index contributed by atoms with van der Waals surface area (Å²) in [6.45, 7) is 4.23. The number of nitrogens with one attached hydrogen (secondary N) is 1. The summed E-state index contributed by atoms with van der Waals surface area (Å²) in [7, 11) is 1.58. The van der Waals surface area contributed by atoms with E-state index in [9.17, 15) is 0 Å². The lowest BCUT2D eigenvalue weighted by Gasteiger charge is -2.33. The van der Waals surface area contributed by atoms with E-state index >= 15 is 0 Å². The highest BCUT2D eigenvalue weighted by atomic mass is 35.5.